The fourth-order valence-corrected chi connectivity index (χ4v) is 0.263. The molecule has 0 amide bonds. The van der Waals surface area contributed by atoms with Gasteiger partial charge >= 0.3 is 17.9 Å². The molecular formula is C5H4F2O4. The zero-order valence-corrected chi connectivity index (χ0v) is 5.17. The molecular weight excluding hydrogens is 162 g/mol. The number of alkyl halides is 2. The molecule has 0 fully saturated rings. The molecule has 0 heterocycles. The Morgan fingerprint density at radius 1 is 1.27 bits per heavy atom. The summed E-state index contributed by atoms with van der Waals surface area (Å²) in [6, 6.07) is 0. The molecule has 4 nitrogen and oxygen atoms in total. The molecule has 2 N–H and O–H groups in total. The van der Waals surface area contributed by atoms with Crippen LogP contribution in [0.15, 0.2) is 12.2 Å². The molecule has 0 aromatic carbocycles. The standard InChI is InChI=1S/C5H4F2O4/c1-2(3(8)9)5(6,7)4(10)11/h1H2,(H,8,9)(H,10,11). The van der Waals surface area contributed by atoms with Gasteiger partial charge in [-0.2, -0.15) is 8.78 Å². The summed E-state index contributed by atoms with van der Waals surface area (Å²) < 4.78 is 24.2. The highest BCUT2D eigenvalue weighted by atomic mass is 19.3. The first-order valence-electron chi connectivity index (χ1n) is 2.34. The number of hydrogen-bond acceptors (Lipinski definition) is 2. The molecule has 0 radical (unpaired) electrons. The Morgan fingerprint density at radius 2 is 1.64 bits per heavy atom. The maximum atomic E-state index is 12.1. The van der Waals surface area contributed by atoms with Gasteiger partial charge in [-0.3, -0.25) is 0 Å². The van der Waals surface area contributed by atoms with Crippen LogP contribution in [0.2, 0.25) is 0 Å². The van der Waals surface area contributed by atoms with Crippen LogP contribution in [0.1, 0.15) is 0 Å². The first-order chi connectivity index (χ1) is 4.80. The van der Waals surface area contributed by atoms with Crippen molar-refractivity contribution in [3.05, 3.63) is 12.2 Å². The third-order valence-corrected chi connectivity index (χ3v) is 0.906. The van der Waals surface area contributed by atoms with Crippen LogP contribution in [0.4, 0.5) is 8.78 Å². The van der Waals surface area contributed by atoms with E-state index in [1.165, 1.54) is 0 Å². The molecule has 6 heteroatoms. The summed E-state index contributed by atoms with van der Waals surface area (Å²) in [5, 5.41) is 15.7. The number of aliphatic carboxylic acids is 2. The third kappa shape index (κ3) is 1.73. The molecule has 0 atom stereocenters. The maximum Gasteiger partial charge on any atom is 0.379 e. The van der Waals surface area contributed by atoms with E-state index in [0.717, 1.165) is 0 Å². The van der Waals surface area contributed by atoms with Gasteiger partial charge in [0, 0.05) is 0 Å². The minimum atomic E-state index is -4.40. The Bertz CT molecular complexity index is 221. The minimum absolute atomic E-state index is 1.65. The number of hydrogen-bond donors (Lipinski definition) is 2. The van der Waals surface area contributed by atoms with Crippen molar-refractivity contribution in [2.75, 3.05) is 0 Å². The average molecular weight is 166 g/mol. The lowest BCUT2D eigenvalue weighted by Crippen LogP contribution is -2.33. The van der Waals surface area contributed by atoms with Crippen LogP contribution in [-0.4, -0.2) is 28.1 Å². The Morgan fingerprint density at radius 3 is 1.73 bits per heavy atom. The van der Waals surface area contributed by atoms with Gasteiger partial charge < -0.3 is 10.2 Å². The van der Waals surface area contributed by atoms with Crippen molar-refractivity contribution in [1.82, 2.24) is 0 Å². The van der Waals surface area contributed by atoms with Crippen molar-refractivity contribution in [1.29, 1.82) is 0 Å². The summed E-state index contributed by atoms with van der Waals surface area (Å²) in [5.41, 5.74) is -1.65. The van der Waals surface area contributed by atoms with Crippen molar-refractivity contribution in [2.45, 2.75) is 5.92 Å². The van der Waals surface area contributed by atoms with E-state index in [0.29, 0.717) is 0 Å². The van der Waals surface area contributed by atoms with E-state index in [2.05, 4.69) is 6.58 Å². The van der Waals surface area contributed by atoms with E-state index in [-0.39, 0.29) is 0 Å². The predicted molar refractivity (Wildman–Crippen MR) is 29.4 cm³/mol. The van der Waals surface area contributed by atoms with Crippen LogP contribution in [0.25, 0.3) is 0 Å². The molecule has 11 heavy (non-hydrogen) atoms. The number of halogens is 2. The second-order valence-corrected chi connectivity index (χ2v) is 1.66. The van der Waals surface area contributed by atoms with Gasteiger partial charge in [-0.25, -0.2) is 9.59 Å². The SMILES string of the molecule is C=C(C(=O)O)C(F)(F)C(=O)O. The molecule has 0 aliphatic rings. The summed E-state index contributed by atoms with van der Waals surface area (Å²) in [6.07, 6.45) is 0. The lowest BCUT2D eigenvalue weighted by molar-refractivity contribution is -0.162. The zero-order valence-electron chi connectivity index (χ0n) is 5.17. The molecule has 62 valence electrons. The molecule has 0 bridgehead atoms. The van der Waals surface area contributed by atoms with Gasteiger partial charge in [0.2, 0.25) is 0 Å². The van der Waals surface area contributed by atoms with Gasteiger partial charge in [0.1, 0.15) is 5.57 Å². The Hall–Kier alpha value is -1.46. The Balaban J connectivity index is 4.70. The molecule has 0 aliphatic carbocycles. The third-order valence-electron chi connectivity index (χ3n) is 0.906. The van der Waals surface area contributed by atoms with Gasteiger partial charge in [0.05, 0.1) is 0 Å². The van der Waals surface area contributed by atoms with Crippen molar-refractivity contribution in [3.8, 4) is 0 Å². The summed E-state index contributed by atoms with van der Waals surface area (Å²) in [6.45, 7) is 2.42. The second kappa shape index (κ2) is 2.65. The van der Waals surface area contributed by atoms with Crippen LogP contribution < -0.4 is 0 Å². The van der Waals surface area contributed by atoms with Crippen molar-refractivity contribution in [2.24, 2.45) is 0 Å². The molecule has 0 aromatic rings. The number of carboxylic acids is 2. The van der Waals surface area contributed by atoms with Crippen LogP contribution in [0.5, 0.6) is 0 Å². The van der Waals surface area contributed by atoms with Gasteiger partial charge in [-0.05, 0) is 0 Å². The van der Waals surface area contributed by atoms with E-state index >= 15 is 0 Å². The average Bonchev–Trinajstić information content (AvgIpc) is 1.85. The first-order valence-corrected chi connectivity index (χ1v) is 2.34. The molecule has 0 rings (SSSR count). The number of carboxylic acid groups (broad SMARTS) is 2. The van der Waals surface area contributed by atoms with E-state index in [1.807, 2.05) is 0 Å². The highest BCUT2D eigenvalue weighted by Gasteiger charge is 2.45. The zero-order chi connectivity index (χ0) is 9.23. The van der Waals surface area contributed by atoms with E-state index < -0.39 is 23.4 Å². The predicted octanol–water partition coefficient (Wildman–Crippen LogP) is 0.347. The largest absolute Gasteiger partial charge is 0.478 e. The highest BCUT2D eigenvalue weighted by Crippen LogP contribution is 2.22. The van der Waals surface area contributed by atoms with Crippen LogP contribution in [0, 0.1) is 0 Å². The van der Waals surface area contributed by atoms with Gasteiger partial charge in [0.15, 0.2) is 0 Å². The topological polar surface area (TPSA) is 74.6 Å². The normalized spacial score (nSPS) is 10.7. The minimum Gasteiger partial charge on any atom is -0.478 e. The monoisotopic (exact) mass is 166 g/mol. The van der Waals surface area contributed by atoms with Crippen molar-refractivity contribution >= 4 is 11.9 Å². The highest BCUT2D eigenvalue weighted by molar-refractivity contribution is 5.96. The fraction of sp³-hybridized carbons (Fsp3) is 0.200. The smallest absolute Gasteiger partial charge is 0.379 e. The van der Waals surface area contributed by atoms with E-state index in [4.69, 9.17) is 10.2 Å². The lowest BCUT2D eigenvalue weighted by Gasteiger charge is -2.09. The Labute approximate surface area is 59.8 Å². The number of carbonyl (C=O) groups is 2. The van der Waals surface area contributed by atoms with E-state index in [1.54, 1.807) is 0 Å². The van der Waals surface area contributed by atoms with Crippen molar-refractivity contribution in [3.63, 3.8) is 0 Å². The van der Waals surface area contributed by atoms with Crippen LogP contribution in [0.3, 0.4) is 0 Å². The fourth-order valence-electron chi connectivity index (χ4n) is 0.263. The summed E-state index contributed by atoms with van der Waals surface area (Å²) >= 11 is 0. The Kier molecular flexibility index (Phi) is 2.30. The quantitative estimate of drug-likeness (QED) is 0.593. The second-order valence-electron chi connectivity index (χ2n) is 1.66. The summed E-state index contributed by atoms with van der Waals surface area (Å²) in [7, 11) is 0. The summed E-state index contributed by atoms with van der Waals surface area (Å²) in [5.74, 6) is -8.95. The van der Waals surface area contributed by atoms with Gasteiger partial charge in [0.25, 0.3) is 0 Å². The number of rotatable bonds is 3. The van der Waals surface area contributed by atoms with Crippen molar-refractivity contribution < 1.29 is 28.6 Å². The molecule has 0 unspecified atom stereocenters. The molecule has 0 spiro atoms. The van der Waals surface area contributed by atoms with E-state index in [9.17, 15) is 18.4 Å². The summed E-state index contributed by atoms with van der Waals surface area (Å²) in [4.78, 5) is 19.5. The molecule has 0 aliphatic heterocycles. The first kappa shape index (κ1) is 9.54. The molecule has 0 saturated carbocycles. The lowest BCUT2D eigenvalue weighted by atomic mass is 10.1. The van der Waals surface area contributed by atoms with Crippen LogP contribution in [-0.2, 0) is 9.59 Å². The van der Waals surface area contributed by atoms with Gasteiger partial charge in [-0.1, -0.05) is 6.58 Å². The molecule has 0 saturated heterocycles. The van der Waals surface area contributed by atoms with Gasteiger partial charge in [-0.15, -0.1) is 0 Å². The van der Waals surface area contributed by atoms with Crippen LogP contribution >= 0.6 is 0 Å². The molecule has 0 aromatic heterocycles. The maximum absolute atomic E-state index is 12.1.